The smallest absolute Gasteiger partial charge is 0.251 e. The van der Waals surface area contributed by atoms with Gasteiger partial charge in [-0.25, -0.2) is 0 Å². The van der Waals surface area contributed by atoms with Crippen LogP contribution in [0.15, 0.2) is 41.1 Å². The summed E-state index contributed by atoms with van der Waals surface area (Å²) in [5.74, 6) is 0.0373. The molecule has 1 heterocycles. The zero-order chi connectivity index (χ0) is 14.7. The number of hydrogen-bond donors (Lipinski definition) is 1. The van der Waals surface area contributed by atoms with Crippen molar-refractivity contribution in [1.29, 1.82) is 0 Å². The summed E-state index contributed by atoms with van der Waals surface area (Å²) in [5, 5.41) is 7.33. The van der Waals surface area contributed by atoms with Gasteiger partial charge in [-0.05, 0) is 46.5 Å². The van der Waals surface area contributed by atoms with E-state index in [0.29, 0.717) is 12.6 Å². The van der Waals surface area contributed by atoms with E-state index < -0.39 is 0 Å². The second-order valence-corrected chi connectivity index (χ2v) is 6.42. The number of benzene rings is 1. The van der Waals surface area contributed by atoms with E-state index in [4.69, 9.17) is 0 Å². The molecule has 0 bridgehead atoms. The highest BCUT2D eigenvalue weighted by atomic mass is 79.9. The molecule has 21 heavy (non-hydrogen) atoms. The van der Waals surface area contributed by atoms with Crippen molar-refractivity contribution in [2.45, 2.75) is 38.3 Å². The number of nitrogens with zero attached hydrogens (tertiary/aromatic N) is 2. The minimum absolute atomic E-state index is 0.0373. The predicted octanol–water partition coefficient (Wildman–Crippen LogP) is 3.37. The van der Waals surface area contributed by atoms with Crippen LogP contribution in [-0.4, -0.2) is 21.7 Å². The van der Waals surface area contributed by atoms with Crippen LogP contribution in [0.2, 0.25) is 0 Å². The molecule has 4 nitrogen and oxygen atoms in total. The molecule has 1 aromatic carbocycles. The van der Waals surface area contributed by atoms with Crippen molar-refractivity contribution < 1.29 is 4.79 Å². The fraction of sp³-hybridized carbons (Fsp3) is 0.375. The Balaban J connectivity index is 1.61. The van der Waals surface area contributed by atoms with Gasteiger partial charge in [0.15, 0.2) is 0 Å². The van der Waals surface area contributed by atoms with E-state index in [2.05, 4.69) is 26.3 Å². The summed E-state index contributed by atoms with van der Waals surface area (Å²) in [6.07, 6.45) is 8.37. The Hall–Kier alpha value is -1.62. The standard InChI is InChI=1S/C16H18BrN3O/c17-14-9-18-20(11-14)10-12-5-7-13(8-6-12)16(21)19-15-3-1-2-4-15/h5-9,11,15H,1-4,10H2,(H,19,21). The van der Waals surface area contributed by atoms with Crippen LogP contribution in [0.5, 0.6) is 0 Å². The second-order valence-electron chi connectivity index (χ2n) is 5.51. The fourth-order valence-corrected chi connectivity index (χ4v) is 3.04. The van der Waals surface area contributed by atoms with Gasteiger partial charge in [-0.2, -0.15) is 5.10 Å². The van der Waals surface area contributed by atoms with Gasteiger partial charge in [-0.15, -0.1) is 0 Å². The largest absolute Gasteiger partial charge is 0.349 e. The molecule has 0 saturated heterocycles. The van der Waals surface area contributed by atoms with Crippen molar-refractivity contribution in [3.8, 4) is 0 Å². The van der Waals surface area contributed by atoms with Crippen LogP contribution in [0.4, 0.5) is 0 Å². The van der Waals surface area contributed by atoms with Gasteiger partial charge in [0.1, 0.15) is 0 Å². The molecule has 1 amide bonds. The van der Waals surface area contributed by atoms with Crippen LogP contribution in [0, 0.1) is 0 Å². The van der Waals surface area contributed by atoms with Crippen molar-refractivity contribution in [3.63, 3.8) is 0 Å². The zero-order valence-electron chi connectivity index (χ0n) is 11.8. The Morgan fingerprint density at radius 2 is 2.00 bits per heavy atom. The van der Waals surface area contributed by atoms with Gasteiger partial charge in [0, 0.05) is 17.8 Å². The molecule has 0 unspecified atom stereocenters. The summed E-state index contributed by atoms with van der Waals surface area (Å²) in [5.41, 5.74) is 1.86. The van der Waals surface area contributed by atoms with Gasteiger partial charge >= 0.3 is 0 Å². The van der Waals surface area contributed by atoms with Gasteiger partial charge in [0.2, 0.25) is 0 Å². The molecular weight excluding hydrogens is 330 g/mol. The van der Waals surface area contributed by atoms with Crippen LogP contribution in [0.1, 0.15) is 41.6 Å². The monoisotopic (exact) mass is 347 g/mol. The lowest BCUT2D eigenvalue weighted by atomic mass is 10.1. The third-order valence-electron chi connectivity index (χ3n) is 3.85. The van der Waals surface area contributed by atoms with Crippen LogP contribution >= 0.6 is 15.9 Å². The van der Waals surface area contributed by atoms with Crippen molar-refractivity contribution >= 4 is 21.8 Å². The van der Waals surface area contributed by atoms with E-state index in [0.717, 1.165) is 28.4 Å². The summed E-state index contributed by atoms with van der Waals surface area (Å²) in [4.78, 5) is 12.1. The molecule has 1 aliphatic rings. The molecule has 0 radical (unpaired) electrons. The Kier molecular flexibility index (Phi) is 4.39. The maximum absolute atomic E-state index is 12.1. The number of carbonyl (C=O) groups is 1. The maximum atomic E-state index is 12.1. The number of aromatic nitrogens is 2. The van der Waals surface area contributed by atoms with Gasteiger partial charge in [-0.3, -0.25) is 9.48 Å². The molecule has 5 heteroatoms. The number of carbonyl (C=O) groups excluding carboxylic acids is 1. The summed E-state index contributed by atoms with van der Waals surface area (Å²) >= 11 is 3.38. The average molecular weight is 348 g/mol. The molecule has 3 rings (SSSR count). The predicted molar refractivity (Wildman–Crippen MR) is 85.2 cm³/mol. The van der Waals surface area contributed by atoms with Crippen LogP contribution < -0.4 is 5.32 Å². The van der Waals surface area contributed by atoms with Crippen molar-refractivity contribution in [3.05, 3.63) is 52.3 Å². The zero-order valence-corrected chi connectivity index (χ0v) is 13.3. The molecule has 0 atom stereocenters. The molecule has 1 saturated carbocycles. The number of nitrogens with one attached hydrogen (secondary N) is 1. The molecule has 1 N–H and O–H groups in total. The third kappa shape index (κ3) is 3.73. The van der Waals surface area contributed by atoms with Crippen LogP contribution in [0.3, 0.4) is 0 Å². The maximum Gasteiger partial charge on any atom is 0.251 e. The normalized spacial score (nSPS) is 15.3. The SMILES string of the molecule is O=C(NC1CCCC1)c1ccc(Cn2cc(Br)cn2)cc1. The summed E-state index contributed by atoms with van der Waals surface area (Å²) < 4.78 is 2.83. The molecule has 1 aliphatic carbocycles. The van der Waals surface area contributed by atoms with Gasteiger partial charge in [0.25, 0.3) is 5.91 Å². The Bertz CT molecular complexity index is 615. The molecule has 1 aromatic heterocycles. The Morgan fingerprint density at radius 3 is 2.62 bits per heavy atom. The summed E-state index contributed by atoms with van der Waals surface area (Å²) in [6, 6.07) is 8.10. The van der Waals surface area contributed by atoms with E-state index in [9.17, 15) is 4.79 Å². The van der Waals surface area contributed by atoms with E-state index in [1.165, 1.54) is 12.8 Å². The highest BCUT2D eigenvalue weighted by molar-refractivity contribution is 9.10. The van der Waals surface area contributed by atoms with Crippen molar-refractivity contribution in [2.75, 3.05) is 0 Å². The molecular formula is C16H18BrN3O. The minimum Gasteiger partial charge on any atom is -0.349 e. The average Bonchev–Trinajstić information content (AvgIpc) is 3.12. The lowest BCUT2D eigenvalue weighted by Crippen LogP contribution is -2.32. The lowest BCUT2D eigenvalue weighted by Gasteiger charge is -2.12. The molecule has 0 aliphatic heterocycles. The molecule has 110 valence electrons. The number of rotatable bonds is 4. The Labute approximate surface area is 132 Å². The van der Waals surface area contributed by atoms with Gasteiger partial charge < -0.3 is 5.32 Å². The first-order chi connectivity index (χ1) is 10.2. The summed E-state index contributed by atoms with van der Waals surface area (Å²) in [7, 11) is 0. The third-order valence-corrected chi connectivity index (χ3v) is 4.26. The topological polar surface area (TPSA) is 46.9 Å². The van der Waals surface area contributed by atoms with Gasteiger partial charge in [-0.1, -0.05) is 25.0 Å². The summed E-state index contributed by atoms with van der Waals surface area (Å²) in [6.45, 7) is 0.704. The molecule has 1 fully saturated rings. The highest BCUT2D eigenvalue weighted by Crippen LogP contribution is 2.18. The van der Waals surface area contributed by atoms with Crippen LogP contribution in [-0.2, 0) is 6.54 Å². The van der Waals surface area contributed by atoms with E-state index in [1.807, 2.05) is 35.1 Å². The number of halogens is 1. The van der Waals surface area contributed by atoms with Crippen molar-refractivity contribution in [1.82, 2.24) is 15.1 Å². The first-order valence-corrected chi connectivity index (χ1v) is 8.08. The Morgan fingerprint density at radius 1 is 1.29 bits per heavy atom. The van der Waals surface area contributed by atoms with E-state index >= 15 is 0 Å². The second kappa shape index (κ2) is 6.43. The quantitative estimate of drug-likeness (QED) is 0.921. The fourth-order valence-electron chi connectivity index (χ4n) is 2.71. The number of amides is 1. The highest BCUT2D eigenvalue weighted by Gasteiger charge is 2.17. The minimum atomic E-state index is 0.0373. The van der Waals surface area contributed by atoms with E-state index in [1.54, 1.807) is 6.20 Å². The van der Waals surface area contributed by atoms with Gasteiger partial charge in [0.05, 0.1) is 17.2 Å². The van der Waals surface area contributed by atoms with Crippen molar-refractivity contribution in [2.24, 2.45) is 0 Å². The first kappa shape index (κ1) is 14.3. The molecule has 0 spiro atoms. The van der Waals surface area contributed by atoms with Crippen LogP contribution in [0.25, 0.3) is 0 Å². The lowest BCUT2D eigenvalue weighted by molar-refractivity contribution is 0.0938. The molecule has 2 aromatic rings. The first-order valence-electron chi connectivity index (χ1n) is 7.28. The van der Waals surface area contributed by atoms with E-state index in [-0.39, 0.29) is 5.91 Å². The number of hydrogen-bond acceptors (Lipinski definition) is 2.